The second-order valence-corrected chi connectivity index (χ2v) is 10.7. The number of esters is 2. The van der Waals surface area contributed by atoms with Gasteiger partial charge in [-0.2, -0.15) is 0 Å². The number of allylic oxidation sites excluding steroid dienone is 2. The van der Waals surface area contributed by atoms with E-state index < -0.39 is 40.4 Å². The van der Waals surface area contributed by atoms with E-state index >= 15 is 0 Å². The van der Waals surface area contributed by atoms with Crippen LogP contribution in [-0.2, 0) is 23.9 Å². The van der Waals surface area contributed by atoms with Crippen LogP contribution in [0.5, 0.6) is 0 Å². The van der Waals surface area contributed by atoms with Crippen molar-refractivity contribution in [1.82, 2.24) is 0 Å². The Labute approximate surface area is 246 Å². The number of carbonyl (C=O) groups is 3. The molecule has 5 rings (SSSR count). The van der Waals surface area contributed by atoms with E-state index in [2.05, 4.69) is 0 Å². The van der Waals surface area contributed by atoms with E-state index in [4.69, 9.17) is 15.2 Å². The number of rotatable bonds is 8. The first-order valence-corrected chi connectivity index (χ1v) is 14.4. The third kappa shape index (κ3) is 5.07. The summed E-state index contributed by atoms with van der Waals surface area (Å²) >= 11 is 1.43. The summed E-state index contributed by atoms with van der Waals surface area (Å²) in [7, 11) is 0. The normalized spacial score (nSPS) is 20.3. The number of nitro groups is 1. The molecule has 0 amide bonds. The Hall–Kier alpha value is -4.77. The zero-order chi connectivity index (χ0) is 30.0. The van der Waals surface area contributed by atoms with Crippen LogP contribution in [0, 0.1) is 16.0 Å². The first kappa shape index (κ1) is 28.7. The third-order valence-corrected chi connectivity index (χ3v) is 8.42. The highest BCUT2D eigenvalue weighted by Crippen LogP contribution is 2.52. The van der Waals surface area contributed by atoms with E-state index in [-0.39, 0.29) is 42.3 Å². The zero-order valence-corrected chi connectivity index (χ0v) is 23.8. The van der Waals surface area contributed by atoms with Crippen LogP contribution in [0.4, 0.5) is 11.4 Å². The van der Waals surface area contributed by atoms with Gasteiger partial charge in [0, 0.05) is 39.9 Å². The molecule has 2 aliphatic rings. The molecule has 2 aromatic carbocycles. The maximum Gasteiger partial charge on any atom is 0.338 e. The van der Waals surface area contributed by atoms with Crippen molar-refractivity contribution >= 4 is 40.4 Å². The number of ketones is 1. The highest BCUT2D eigenvalue weighted by molar-refractivity contribution is 7.10. The Morgan fingerprint density at radius 3 is 2.43 bits per heavy atom. The number of thiophene rings is 1. The Kier molecular flexibility index (Phi) is 8.21. The number of nitrogens with two attached hydrogens (primary N) is 1. The van der Waals surface area contributed by atoms with Gasteiger partial charge in [-0.25, -0.2) is 4.79 Å². The van der Waals surface area contributed by atoms with Gasteiger partial charge in [0.2, 0.25) is 0 Å². The molecule has 1 aromatic heterocycles. The van der Waals surface area contributed by atoms with Crippen molar-refractivity contribution in [3.8, 4) is 0 Å². The molecule has 0 bridgehead atoms. The van der Waals surface area contributed by atoms with Crippen molar-refractivity contribution < 1.29 is 28.8 Å². The minimum Gasteiger partial charge on any atom is -0.465 e. The lowest BCUT2D eigenvalue weighted by molar-refractivity contribution is -0.384. The van der Waals surface area contributed by atoms with Gasteiger partial charge < -0.3 is 15.2 Å². The lowest BCUT2D eigenvalue weighted by atomic mass is 9.68. The van der Waals surface area contributed by atoms with Crippen LogP contribution in [0.3, 0.4) is 0 Å². The van der Waals surface area contributed by atoms with E-state index in [1.807, 2.05) is 35.7 Å². The number of hydrogen-bond donors (Lipinski definition) is 1. The second-order valence-electron chi connectivity index (χ2n) is 9.76. The Morgan fingerprint density at radius 1 is 1.05 bits per heavy atom. The molecular weight excluding hydrogens is 558 g/mol. The SMILES string of the molecule is CCOC(=O)C1=C(N)N(c2ccccc2)C2=C(C(=O)[C@H](C(=O)OCC)[C@@H](c3cccs3)C2)[C@H]1c1cccc([N+](=O)[O-])c1. The standard InChI is InChI=1S/C31H29N3O7S/c1-3-40-30(36)25-21(23-14-9-15-42-23)17-22-26(28(25)35)24(18-10-8-13-20(16-18)34(38)39)27(31(37)41-4-2)29(32)33(22)19-11-6-5-7-12-19/h5-16,21,24-25H,3-4,17,32H2,1-2H3/t21-,24-,25-/m1/s1. The van der Waals surface area contributed by atoms with Crippen molar-refractivity contribution in [1.29, 1.82) is 0 Å². The molecule has 0 radical (unpaired) electrons. The van der Waals surface area contributed by atoms with Crippen LogP contribution in [0.25, 0.3) is 0 Å². The van der Waals surface area contributed by atoms with Gasteiger partial charge in [-0.1, -0.05) is 36.4 Å². The van der Waals surface area contributed by atoms with Crippen LogP contribution < -0.4 is 10.6 Å². The molecule has 0 unspecified atom stereocenters. The van der Waals surface area contributed by atoms with E-state index in [9.17, 15) is 24.5 Å². The van der Waals surface area contributed by atoms with Crippen molar-refractivity contribution in [3.63, 3.8) is 0 Å². The second kappa shape index (κ2) is 12.0. The minimum absolute atomic E-state index is 0.0361. The van der Waals surface area contributed by atoms with E-state index in [1.165, 1.54) is 29.5 Å². The first-order chi connectivity index (χ1) is 20.3. The lowest BCUT2D eigenvalue weighted by Gasteiger charge is -2.43. The highest BCUT2D eigenvalue weighted by atomic mass is 32.1. The number of nitrogens with zero attached hydrogens (tertiary/aromatic N) is 2. The largest absolute Gasteiger partial charge is 0.465 e. The van der Waals surface area contributed by atoms with Crippen molar-refractivity contribution in [2.75, 3.05) is 18.1 Å². The third-order valence-electron chi connectivity index (χ3n) is 7.41. The number of hydrogen-bond acceptors (Lipinski definition) is 10. The first-order valence-electron chi connectivity index (χ1n) is 13.5. The molecule has 0 spiro atoms. The van der Waals surface area contributed by atoms with Crippen molar-refractivity contribution in [2.24, 2.45) is 11.7 Å². The fraction of sp³-hybridized carbons (Fsp3) is 0.258. The molecule has 0 saturated carbocycles. The summed E-state index contributed by atoms with van der Waals surface area (Å²) in [6.45, 7) is 3.43. The molecule has 216 valence electrons. The summed E-state index contributed by atoms with van der Waals surface area (Å²) in [5.74, 6) is -4.78. The average Bonchev–Trinajstić information content (AvgIpc) is 3.52. The number of non-ortho nitro benzene ring substituents is 1. The number of carbonyl (C=O) groups excluding carboxylic acids is 3. The predicted molar refractivity (Wildman–Crippen MR) is 156 cm³/mol. The Morgan fingerprint density at radius 2 is 1.79 bits per heavy atom. The van der Waals surface area contributed by atoms with Gasteiger partial charge in [0.1, 0.15) is 11.7 Å². The summed E-state index contributed by atoms with van der Waals surface area (Å²) in [5.41, 5.74) is 8.13. The Balaban J connectivity index is 1.82. The fourth-order valence-corrected chi connectivity index (χ4v) is 6.60. The molecule has 42 heavy (non-hydrogen) atoms. The number of para-hydroxylation sites is 1. The summed E-state index contributed by atoms with van der Waals surface area (Å²) in [5, 5.41) is 13.6. The van der Waals surface area contributed by atoms with E-state index in [1.54, 1.807) is 36.9 Å². The van der Waals surface area contributed by atoms with Crippen molar-refractivity contribution in [2.45, 2.75) is 32.1 Å². The van der Waals surface area contributed by atoms with E-state index in [0.29, 0.717) is 16.9 Å². The summed E-state index contributed by atoms with van der Waals surface area (Å²) < 4.78 is 10.8. The van der Waals surface area contributed by atoms with Crippen LogP contribution in [-0.4, -0.2) is 35.9 Å². The van der Waals surface area contributed by atoms with Crippen LogP contribution in [0.15, 0.2) is 94.8 Å². The molecule has 2 N–H and O–H groups in total. The van der Waals surface area contributed by atoms with Crippen LogP contribution in [0.2, 0.25) is 0 Å². The molecule has 0 fully saturated rings. The lowest BCUT2D eigenvalue weighted by Crippen LogP contribution is -2.46. The van der Waals surface area contributed by atoms with Gasteiger partial charge in [-0.3, -0.25) is 24.6 Å². The van der Waals surface area contributed by atoms with Gasteiger partial charge >= 0.3 is 11.9 Å². The van der Waals surface area contributed by atoms with Gasteiger partial charge in [-0.15, -0.1) is 11.3 Å². The maximum absolute atomic E-state index is 14.7. The van der Waals surface area contributed by atoms with Crippen molar-refractivity contribution in [3.05, 3.63) is 115 Å². The molecular formula is C31H29N3O7S. The summed E-state index contributed by atoms with van der Waals surface area (Å²) in [6.07, 6.45) is 0.224. The topological polar surface area (TPSA) is 142 Å². The molecule has 2 heterocycles. The quantitative estimate of drug-likeness (QED) is 0.163. The fourth-order valence-electron chi connectivity index (χ4n) is 5.73. The number of anilines is 1. The molecule has 11 heteroatoms. The predicted octanol–water partition coefficient (Wildman–Crippen LogP) is 5.18. The molecule has 1 aliphatic carbocycles. The van der Waals surface area contributed by atoms with Gasteiger partial charge in [0.15, 0.2) is 5.78 Å². The number of ether oxygens (including phenoxy) is 2. The number of benzene rings is 2. The highest BCUT2D eigenvalue weighted by Gasteiger charge is 2.51. The average molecular weight is 588 g/mol. The van der Waals surface area contributed by atoms with Crippen LogP contribution in [0.1, 0.15) is 42.5 Å². The minimum atomic E-state index is -1.19. The van der Waals surface area contributed by atoms with Gasteiger partial charge in [-0.05, 0) is 49.4 Å². The van der Waals surface area contributed by atoms with E-state index in [0.717, 1.165) is 4.88 Å². The monoisotopic (exact) mass is 587 g/mol. The van der Waals surface area contributed by atoms with Gasteiger partial charge in [0.05, 0.1) is 29.6 Å². The number of nitro benzene ring substituents is 1. The van der Waals surface area contributed by atoms with Gasteiger partial charge in [0.25, 0.3) is 5.69 Å². The molecule has 3 aromatic rings. The smallest absolute Gasteiger partial charge is 0.338 e. The van der Waals surface area contributed by atoms with Crippen LogP contribution >= 0.6 is 11.3 Å². The molecule has 10 nitrogen and oxygen atoms in total. The molecule has 1 aliphatic heterocycles. The molecule has 3 atom stereocenters. The summed E-state index contributed by atoms with van der Waals surface area (Å²) in [4.78, 5) is 55.3. The Bertz CT molecular complexity index is 1600. The molecule has 0 saturated heterocycles. The zero-order valence-electron chi connectivity index (χ0n) is 23.0. The number of Topliss-reactive ketones (excluding diaryl/α,β-unsaturated/α-hetero) is 1. The summed E-state index contributed by atoms with van der Waals surface area (Å²) in [6, 6.07) is 18.5. The maximum atomic E-state index is 14.7.